The fraction of sp³-hybridized carbons (Fsp3) is 0.333. The van der Waals surface area contributed by atoms with Gasteiger partial charge in [-0.2, -0.15) is 0 Å². The first kappa shape index (κ1) is 22.2. The molecule has 25 heavy (non-hydrogen) atoms. The number of rotatable bonds is 8. The predicted octanol–water partition coefficient (Wildman–Crippen LogP) is 5.81. The van der Waals surface area contributed by atoms with Crippen molar-refractivity contribution < 1.29 is 9.47 Å². The van der Waals surface area contributed by atoms with E-state index in [-0.39, 0.29) is 12.4 Å². The number of halogens is 4. The van der Waals surface area contributed by atoms with E-state index >= 15 is 0 Å². The van der Waals surface area contributed by atoms with Gasteiger partial charge in [0.05, 0.1) is 18.7 Å². The Bertz CT molecular complexity index is 695. The second kappa shape index (κ2) is 11.0. The normalized spacial score (nSPS) is 10.3. The van der Waals surface area contributed by atoms with Crippen molar-refractivity contribution in [2.75, 3.05) is 20.3 Å². The van der Waals surface area contributed by atoms with Crippen LogP contribution in [-0.4, -0.2) is 20.3 Å². The molecule has 0 spiro atoms. The van der Waals surface area contributed by atoms with Gasteiger partial charge in [-0.3, -0.25) is 0 Å². The molecule has 0 atom stereocenters. The van der Waals surface area contributed by atoms with Gasteiger partial charge in [0.25, 0.3) is 0 Å². The number of benzene rings is 2. The van der Waals surface area contributed by atoms with Crippen LogP contribution in [0.15, 0.2) is 30.3 Å². The molecule has 0 aliphatic rings. The lowest BCUT2D eigenvalue weighted by atomic mass is 10.1. The average molecular weight is 425 g/mol. The zero-order chi connectivity index (χ0) is 17.5. The van der Waals surface area contributed by atoms with Gasteiger partial charge in [0.15, 0.2) is 11.5 Å². The first-order valence-corrected chi connectivity index (χ1v) is 8.82. The molecule has 2 aromatic carbocycles. The Kier molecular flexibility index (Phi) is 9.77. The van der Waals surface area contributed by atoms with Crippen molar-refractivity contribution >= 4 is 47.2 Å². The van der Waals surface area contributed by atoms with Crippen molar-refractivity contribution in [1.29, 1.82) is 0 Å². The van der Waals surface area contributed by atoms with E-state index in [2.05, 4.69) is 5.32 Å². The quantitative estimate of drug-likeness (QED) is 0.542. The van der Waals surface area contributed by atoms with Crippen LogP contribution in [0.1, 0.15) is 18.1 Å². The summed E-state index contributed by atoms with van der Waals surface area (Å²) in [6, 6.07) is 9.38. The van der Waals surface area contributed by atoms with E-state index in [4.69, 9.17) is 44.3 Å². The van der Waals surface area contributed by atoms with Crippen LogP contribution in [0.25, 0.3) is 0 Å². The van der Waals surface area contributed by atoms with Gasteiger partial charge in [-0.1, -0.05) is 40.9 Å². The van der Waals surface area contributed by atoms with Gasteiger partial charge >= 0.3 is 0 Å². The van der Waals surface area contributed by atoms with Crippen LogP contribution in [0.3, 0.4) is 0 Å². The molecule has 0 fully saturated rings. The molecule has 3 nitrogen and oxygen atoms in total. The number of nitrogens with one attached hydrogen (secondary N) is 1. The zero-order valence-corrected chi connectivity index (χ0v) is 17.2. The van der Waals surface area contributed by atoms with E-state index in [0.717, 1.165) is 24.1 Å². The number of methoxy groups -OCH3 is 1. The molecule has 0 saturated carbocycles. The highest BCUT2D eigenvalue weighted by Gasteiger charge is 2.11. The maximum atomic E-state index is 6.25. The summed E-state index contributed by atoms with van der Waals surface area (Å²) in [7, 11) is 1.58. The molecule has 138 valence electrons. The first-order chi connectivity index (χ1) is 11.5. The van der Waals surface area contributed by atoms with Crippen LogP contribution in [0.2, 0.25) is 15.1 Å². The van der Waals surface area contributed by atoms with E-state index in [9.17, 15) is 0 Å². The summed E-state index contributed by atoms with van der Waals surface area (Å²) in [4.78, 5) is 0. The molecular formula is C18H21Cl4NO2. The summed E-state index contributed by atoms with van der Waals surface area (Å²) in [6.07, 6.45) is 0.818. The van der Waals surface area contributed by atoms with Crippen LogP contribution < -0.4 is 14.8 Å². The lowest BCUT2D eigenvalue weighted by molar-refractivity contribution is 0.310. The minimum atomic E-state index is 0. The highest BCUT2D eigenvalue weighted by molar-refractivity contribution is 6.35. The van der Waals surface area contributed by atoms with Crippen molar-refractivity contribution in [3.8, 4) is 11.5 Å². The molecule has 0 unspecified atom stereocenters. The first-order valence-electron chi connectivity index (χ1n) is 7.69. The highest BCUT2D eigenvalue weighted by atomic mass is 35.5. The molecule has 0 aliphatic heterocycles. The van der Waals surface area contributed by atoms with Crippen LogP contribution in [-0.2, 0) is 13.0 Å². The second-order valence-electron chi connectivity index (χ2n) is 5.20. The van der Waals surface area contributed by atoms with Crippen LogP contribution >= 0.6 is 47.2 Å². The fourth-order valence-corrected chi connectivity index (χ4v) is 3.18. The van der Waals surface area contributed by atoms with Crippen molar-refractivity contribution in [2.24, 2.45) is 0 Å². The van der Waals surface area contributed by atoms with Crippen molar-refractivity contribution in [1.82, 2.24) is 5.32 Å². The van der Waals surface area contributed by atoms with Crippen LogP contribution in [0.5, 0.6) is 11.5 Å². The van der Waals surface area contributed by atoms with Gasteiger partial charge in [0, 0.05) is 16.6 Å². The Balaban J connectivity index is 0.00000312. The predicted molar refractivity (Wildman–Crippen MR) is 108 cm³/mol. The van der Waals surface area contributed by atoms with Crippen LogP contribution in [0, 0.1) is 0 Å². The molecule has 0 aliphatic carbocycles. The molecule has 2 aromatic rings. The van der Waals surface area contributed by atoms with Crippen molar-refractivity contribution in [3.63, 3.8) is 0 Å². The molecule has 0 heterocycles. The summed E-state index contributed by atoms with van der Waals surface area (Å²) < 4.78 is 10.9. The lowest BCUT2D eigenvalue weighted by Crippen LogP contribution is -2.17. The molecule has 0 amide bonds. The Hall–Kier alpha value is -0.840. The molecule has 0 bridgehead atoms. The Labute approximate surface area is 170 Å². The summed E-state index contributed by atoms with van der Waals surface area (Å²) in [5, 5.41) is 5.26. The zero-order valence-electron chi connectivity index (χ0n) is 14.1. The third kappa shape index (κ3) is 6.43. The Morgan fingerprint density at radius 3 is 2.44 bits per heavy atom. The van der Waals surface area contributed by atoms with Gasteiger partial charge in [-0.15, -0.1) is 12.4 Å². The molecule has 2 rings (SSSR count). The lowest BCUT2D eigenvalue weighted by Gasteiger charge is -2.13. The van der Waals surface area contributed by atoms with Crippen molar-refractivity contribution in [3.05, 3.63) is 56.5 Å². The maximum absolute atomic E-state index is 6.25. The molecule has 0 aromatic heterocycles. The summed E-state index contributed by atoms with van der Waals surface area (Å²) in [5.74, 6) is 1.22. The Morgan fingerprint density at radius 1 is 1.04 bits per heavy atom. The number of ether oxygens (including phenoxy) is 2. The third-order valence-corrected chi connectivity index (χ3v) is 4.36. The number of hydrogen-bond acceptors (Lipinski definition) is 3. The summed E-state index contributed by atoms with van der Waals surface area (Å²) in [5.41, 5.74) is 2.10. The SMILES string of the molecule is CCOc1cc(CNCCc2ccc(Cl)cc2Cl)cc(Cl)c1OC.Cl. The van der Waals surface area contributed by atoms with Crippen LogP contribution in [0.4, 0.5) is 0 Å². The monoisotopic (exact) mass is 423 g/mol. The van der Waals surface area contributed by atoms with Crippen molar-refractivity contribution in [2.45, 2.75) is 19.9 Å². The minimum Gasteiger partial charge on any atom is -0.491 e. The van der Waals surface area contributed by atoms with E-state index < -0.39 is 0 Å². The largest absolute Gasteiger partial charge is 0.491 e. The van der Waals surface area contributed by atoms with E-state index in [0.29, 0.717) is 39.7 Å². The Morgan fingerprint density at radius 2 is 1.80 bits per heavy atom. The van der Waals surface area contributed by atoms with E-state index in [1.165, 1.54) is 0 Å². The molecule has 0 radical (unpaired) electrons. The second-order valence-corrected chi connectivity index (χ2v) is 6.46. The van der Waals surface area contributed by atoms with Gasteiger partial charge in [-0.25, -0.2) is 0 Å². The van der Waals surface area contributed by atoms with E-state index in [1.807, 2.05) is 31.2 Å². The smallest absolute Gasteiger partial charge is 0.179 e. The molecule has 7 heteroatoms. The summed E-state index contributed by atoms with van der Waals surface area (Å²) in [6.45, 7) is 3.94. The minimum absolute atomic E-state index is 0. The van der Waals surface area contributed by atoms with Gasteiger partial charge < -0.3 is 14.8 Å². The number of hydrogen-bond donors (Lipinski definition) is 1. The van der Waals surface area contributed by atoms with Gasteiger partial charge in [0.1, 0.15) is 0 Å². The summed E-state index contributed by atoms with van der Waals surface area (Å²) >= 11 is 18.3. The maximum Gasteiger partial charge on any atom is 0.179 e. The fourth-order valence-electron chi connectivity index (χ4n) is 2.36. The average Bonchev–Trinajstić information content (AvgIpc) is 2.53. The highest BCUT2D eigenvalue weighted by Crippen LogP contribution is 2.36. The molecule has 1 N–H and O–H groups in total. The topological polar surface area (TPSA) is 30.5 Å². The molecule has 0 saturated heterocycles. The van der Waals surface area contributed by atoms with E-state index in [1.54, 1.807) is 13.2 Å². The third-order valence-electron chi connectivity index (χ3n) is 3.49. The van der Waals surface area contributed by atoms with Gasteiger partial charge in [-0.05, 0) is 55.3 Å². The van der Waals surface area contributed by atoms with Gasteiger partial charge in [0.2, 0.25) is 0 Å². The standard InChI is InChI=1S/C18H20Cl3NO2.ClH/c1-3-24-17-9-12(8-16(21)18(17)23-2)11-22-7-6-13-4-5-14(19)10-15(13)20;/h4-5,8-10,22H,3,6-7,11H2,1-2H3;1H. The molecular weight excluding hydrogens is 404 g/mol.